The van der Waals surface area contributed by atoms with E-state index in [1.807, 2.05) is 57.1 Å². The molecule has 3 saturated heterocycles. The van der Waals surface area contributed by atoms with Gasteiger partial charge in [-0.25, -0.2) is 23.8 Å². The van der Waals surface area contributed by atoms with E-state index in [1.54, 1.807) is 20.8 Å². The number of aliphatic imine (C=N–C) groups is 1. The van der Waals surface area contributed by atoms with E-state index in [1.165, 1.54) is 31.8 Å². The van der Waals surface area contributed by atoms with E-state index in [0.717, 1.165) is 18.2 Å². The lowest BCUT2D eigenvalue weighted by molar-refractivity contribution is -0.296. The average Bonchev–Trinajstić information content (AvgIpc) is 3.64. The molecule has 0 unspecified atom stereocenters. The fourth-order valence-corrected chi connectivity index (χ4v) is 8.95. The molecule has 4 heterocycles. The smallest absolute Gasteiger partial charge is 0.351 e. The Kier molecular flexibility index (Phi) is 15.5. The maximum Gasteiger partial charge on any atom is 0.351 e. The highest BCUT2D eigenvalue weighted by Crippen LogP contribution is 2.41. The van der Waals surface area contributed by atoms with Gasteiger partial charge in [0.25, 0.3) is 5.67 Å². The van der Waals surface area contributed by atoms with Crippen molar-refractivity contribution in [1.29, 1.82) is 0 Å². The largest absolute Gasteiger partial charge is 0.457 e. The van der Waals surface area contributed by atoms with Crippen LogP contribution in [-0.2, 0) is 49.5 Å². The fraction of sp³-hybridized carbons (Fsp3) is 0.698. The van der Waals surface area contributed by atoms with Crippen molar-refractivity contribution in [2.24, 2.45) is 27.9 Å². The number of carbonyl (C=O) groups excluding carboxylic acids is 3. The summed E-state index contributed by atoms with van der Waals surface area (Å²) < 4.78 is 50.3. The molecule has 3 fully saturated rings. The topological polar surface area (TPSA) is 232 Å². The summed E-state index contributed by atoms with van der Waals surface area (Å²) in [5.41, 5.74) is 0.817. The molecule has 4 N–H and O–H groups in total. The lowest BCUT2D eigenvalue weighted by Crippen LogP contribution is -2.61. The van der Waals surface area contributed by atoms with Crippen LogP contribution in [0.15, 0.2) is 40.7 Å². The molecule has 3 aliphatic rings. The standard InChI is InChI=1S/C43H64FN7O11/c1-12-32-43(9,56)37-25(4)33(47-27(6)52)23(2)18-41(7,58-21-29(20-57-37)49-59-19-28-13-15-30(16-14-28)51-22-46-40(45)48-51)36(26(5)35(54)42(8,44)39(55)61-32)62-38-34(53)31(50(10)11)17-24(3)60-38/h13-16,22-26,31-32,34,36-38,53,56H,12,17-21H2,1-11H3,(H2,45,48)/b47-33?,49-29+/t23-,24-,25+,26+,31+,32-,34-,36-,37+,38+,41-,42+,43-/m1/s1. The lowest BCUT2D eigenvalue weighted by atomic mass is 9.73. The van der Waals surface area contributed by atoms with Crippen molar-refractivity contribution in [3.8, 4) is 5.69 Å². The molecule has 1 aromatic heterocycles. The van der Waals surface area contributed by atoms with Crippen LogP contribution < -0.4 is 5.73 Å². The monoisotopic (exact) mass is 873 g/mol. The number of aliphatic hydroxyl groups excluding tert-OH is 1. The number of alkyl halides is 1. The zero-order valence-electron chi connectivity index (χ0n) is 37.6. The van der Waals surface area contributed by atoms with E-state index < -0.39 is 95.1 Å². The van der Waals surface area contributed by atoms with Crippen LogP contribution >= 0.6 is 0 Å². The number of esters is 1. The van der Waals surface area contributed by atoms with E-state index in [9.17, 15) is 24.6 Å². The maximum atomic E-state index is 16.9. The predicted octanol–water partition coefficient (Wildman–Crippen LogP) is 3.38. The number of amides is 1. The lowest BCUT2D eigenvalue weighted by Gasteiger charge is -2.47. The number of rotatable bonds is 8. The van der Waals surface area contributed by atoms with E-state index in [4.69, 9.17) is 34.3 Å². The van der Waals surface area contributed by atoms with Crippen molar-refractivity contribution in [2.75, 3.05) is 33.0 Å². The first kappa shape index (κ1) is 48.8. The van der Waals surface area contributed by atoms with E-state index in [2.05, 4.69) is 20.2 Å². The number of nitrogens with two attached hydrogens (primary N) is 1. The summed E-state index contributed by atoms with van der Waals surface area (Å²) in [5.74, 6) is -5.99. The SMILES string of the molecule is CC[C@H]1OC(=O)[C@@](C)(F)C(=O)[C@H](C)[C@@H](O[C@@H]2O[C@H](C)C[C@H](N(C)C)[C@H]2O)[C@@]2(C)C[C@@H](C)C(=NC(C)=O)[C@H](C)[C@H](OC/C(=N\OCc3ccc(-n4cnc(N)n4)cc3)CO2)[C@]1(C)O. The number of aliphatic hydroxyl groups is 2. The summed E-state index contributed by atoms with van der Waals surface area (Å²) in [6.45, 7) is 13.0. The minimum atomic E-state index is -3.22. The number of carbonyl (C=O) groups is 3. The normalized spacial score (nSPS) is 38.0. The average molecular weight is 874 g/mol. The highest BCUT2D eigenvalue weighted by Gasteiger charge is 2.56. The zero-order valence-corrected chi connectivity index (χ0v) is 37.6. The van der Waals surface area contributed by atoms with Crippen molar-refractivity contribution in [1.82, 2.24) is 19.7 Å². The number of fused-ring (bicyclic) bond motifs is 5. The van der Waals surface area contributed by atoms with Crippen LogP contribution in [0.2, 0.25) is 0 Å². The third-order valence-electron chi connectivity index (χ3n) is 12.3. The molecule has 0 radical (unpaired) electrons. The van der Waals surface area contributed by atoms with Crippen molar-refractivity contribution in [3.63, 3.8) is 0 Å². The third kappa shape index (κ3) is 10.7. The number of anilines is 1. The summed E-state index contributed by atoms with van der Waals surface area (Å²) in [5, 5.41) is 32.6. The molecule has 1 amide bonds. The van der Waals surface area contributed by atoms with Gasteiger partial charge < -0.3 is 49.4 Å². The van der Waals surface area contributed by atoms with Crippen molar-refractivity contribution in [3.05, 3.63) is 36.2 Å². The number of ketones is 1. The quantitative estimate of drug-likeness (QED) is 0.196. The van der Waals surface area contributed by atoms with Crippen LogP contribution in [0.25, 0.3) is 5.69 Å². The molecule has 0 saturated carbocycles. The summed E-state index contributed by atoms with van der Waals surface area (Å²) in [6, 6.07) is 6.84. The summed E-state index contributed by atoms with van der Waals surface area (Å²) >= 11 is 0. The molecule has 344 valence electrons. The molecule has 0 spiro atoms. The molecule has 3 aliphatic heterocycles. The summed E-state index contributed by atoms with van der Waals surface area (Å²) in [4.78, 5) is 57.2. The number of aromatic nitrogens is 3. The Morgan fingerprint density at radius 3 is 2.37 bits per heavy atom. The van der Waals surface area contributed by atoms with Gasteiger partial charge >= 0.3 is 5.97 Å². The molecular weight excluding hydrogens is 810 g/mol. The molecule has 19 heteroatoms. The Labute approximate surface area is 362 Å². The van der Waals surface area contributed by atoms with Crippen LogP contribution in [0.1, 0.15) is 87.1 Å². The number of oxime groups is 1. The number of benzene rings is 1. The molecular formula is C43H64FN7O11. The van der Waals surface area contributed by atoms with E-state index in [0.29, 0.717) is 12.1 Å². The molecule has 13 atom stereocenters. The number of Topliss-reactive ketones (excluding diaryl/α,β-unsaturated/α-hetero) is 1. The number of cyclic esters (lactones) is 1. The number of halogens is 1. The Morgan fingerprint density at radius 2 is 1.77 bits per heavy atom. The van der Waals surface area contributed by atoms with Gasteiger partial charge in [0.15, 0.2) is 12.1 Å². The van der Waals surface area contributed by atoms with Gasteiger partial charge in [-0.3, -0.25) is 9.59 Å². The molecule has 5 rings (SSSR count). The Balaban J connectivity index is 1.65. The highest BCUT2D eigenvalue weighted by molar-refractivity contribution is 6.08. The number of ether oxygens (including phenoxy) is 5. The second-order valence-corrected chi connectivity index (χ2v) is 17.7. The van der Waals surface area contributed by atoms with Crippen molar-refractivity contribution < 1.29 is 57.5 Å². The van der Waals surface area contributed by atoms with Crippen molar-refractivity contribution >= 4 is 35.0 Å². The van der Waals surface area contributed by atoms with Crippen molar-refractivity contribution in [2.45, 2.75) is 148 Å². The van der Waals surface area contributed by atoms with Gasteiger partial charge in [-0.05, 0) is 84.7 Å². The highest BCUT2D eigenvalue weighted by atomic mass is 19.1. The van der Waals surface area contributed by atoms with Gasteiger partial charge in [0, 0.05) is 30.5 Å². The van der Waals surface area contributed by atoms with Gasteiger partial charge in [0.2, 0.25) is 11.9 Å². The maximum absolute atomic E-state index is 16.9. The van der Waals surface area contributed by atoms with Gasteiger partial charge in [0.1, 0.15) is 36.5 Å². The second-order valence-electron chi connectivity index (χ2n) is 17.7. The first-order chi connectivity index (χ1) is 29.0. The molecule has 2 bridgehead atoms. The third-order valence-corrected chi connectivity index (χ3v) is 12.3. The summed E-state index contributed by atoms with van der Waals surface area (Å²) in [7, 11) is 3.63. The number of likely N-dealkylation sites (N-methyl/N-ethyl adjacent to an activating group) is 1. The number of hydrogen-bond donors (Lipinski definition) is 3. The molecule has 18 nitrogen and oxygen atoms in total. The Bertz CT molecular complexity index is 1960. The van der Waals surface area contributed by atoms with E-state index in [-0.39, 0.29) is 44.3 Å². The first-order valence-corrected chi connectivity index (χ1v) is 21.1. The minimum absolute atomic E-state index is 0.00135. The van der Waals surface area contributed by atoms with Crippen LogP contribution in [0.4, 0.5) is 10.3 Å². The number of hydrogen-bond acceptors (Lipinski definition) is 16. The molecule has 62 heavy (non-hydrogen) atoms. The molecule has 1 aromatic carbocycles. The molecule has 0 aliphatic carbocycles. The minimum Gasteiger partial charge on any atom is -0.457 e. The fourth-order valence-electron chi connectivity index (χ4n) is 8.95. The van der Waals surface area contributed by atoms with Gasteiger partial charge in [0.05, 0.1) is 42.8 Å². The van der Waals surface area contributed by atoms with E-state index >= 15 is 4.39 Å². The first-order valence-electron chi connectivity index (χ1n) is 21.1. The molecule has 2 aromatic rings. The Hall–Kier alpha value is -4.24. The summed E-state index contributed by atoms with van der Waals surface area (Å²) in [6.07, 6.45) is -5.04. The van der Waals surface area contributed by atoms with Crippen LogP contribution in [0.5, 0.6) is 0 Å². The van der Waals surface area contributed by atoms with Gasteiger partial charge in [-0.2, -0.15) is 0 Å². The van der Waals surface area contributed by atoms with Crippen LogP contribution in [0.3, 0.4) is 0 Å². The number of nitrogen functional groups attached to an aromatic ring is 1. The predicted molar refractivity (Wildman–Crippen MR) is 225 cm³/mol. The van der Waals surface area contributed by atoms with Crippen LogP contribution in [-0.4, -0.2) is 146 Å². The van der Waals surface area contributed by atoms with Gasteiger partial charge in [-0.1, -0.05) is 45.0 Å². The Morgan fingerprint density at radius 1 is 1.10 bits per heavy atom. The number of nitrogens with zero attached hydrogens (tertiary/aromatic N) is 6. The second kappa shape index (κ2) is 19.7. The van der Waals surface area contributed by atoms with Crippen LogP contribution in [0, 0.1) is 17.8 Å². The zero-order chi connectivity index (χ0) is 45.9. The van der Waals surface area contributed by atoms with Gasteiger partial charge in [-0.15, -0.1) is 5.10 Å².